The van der Waals surface area contributed by atoms with Gasteiger partial charge in [0, 0.05) is 18.2 Å². The van der Waals surface area contributed by atoms with E-state index in [1.165, 1.54) is 25.3 Å². The van der Waals surface area contributed by atoms with E-state index in [0.29, 0.717) is 26.8 Å². The fourth-order valence-corrected chi connectivity index (χ4v) is 5.92. The highest BCUT2D eigenvalue weighted by Gasteiger charge is 2.44. The molecule has 11 heteroatoms. The molecule has 0 saturated heterocycles. The van der Waals surface area contributed by atoms with E-state index in [-0.39, 0.29) is 43.1 Å². The first kappa shape index (κ1) is 30.4. The lowest BCUT2D eigenvalue weighted by Gasteiger charge is -2.45. The van der Waals surface area contributed by atoms with E-state index >= 15 is 0 Å². The Bertz CT molecular complexity index is 1240. The smallest absolute Gasteiger partial charge is 0.348 e. The van der Waals surface area contributed by atoms with Crippen LogP contribution in [0.15, 0.2) is 18.2 Å². The third-order valence-corrected chi connectivity index (χ3v) is 8.06. The number of hydrogen-bond acceptors (Lipinski definition) is 8. The molecule has 9 nitrogen and oxygen atoms in total. The van der Waals surface area contributed by atoms with Gasteiger partial charge in [0.1, 0.15) is 33.7 Å². The van der Waals surface area contributed by atoms with E-state index in [1.807, 2.05) is 18.7 Å². The molecule has 1 aromatic carbocycles. The van der Waals surface area contributed by atoms with Gasteiger partial charge in [-0.05, 0) is 72.2 Å². The van der Waals surface area contributed by atoms with Crippen LogP contribution in [0.1, 0.15) is 78.8 Å². The standard InChI is InChI=1S/C28H38FN3O6S/c1-9-38-26(35)23-16(4)22-24(34)32(14-28(6,7)27(36)30-15(2)3)17(5)31(25(22)39-23)13-20(33)19-12-18(29)10-11-21(19)37-8/h10-12,15,17,20,33H,9,13-14H2,1-8H3,(H,30,36). The summed E-state index contributed by atoms with van der Waals surface area (Å²) in [5, 5.41) is 14.7. The van der Waals surface area contributed by atoms with Crippen molar-refractivity contribution in [2.24, 2.45) is 5.41 Å². The van der Waals surface area contributed by atoms with Gasteiger partial charge in [0.05, 0.1) is 31.2 Å². The summed E-state index contributed by atoms with van der Waals surface area (Å²) in [6, 6.07) is 3.83. The maximum Gasteiger partial charge on any atom is 0.348 e. The number of β-amino-alcohol motifs (C(OH)–C–C–N with tert-alkyl or cyclic N) is 1. The fraction of sp³-hybridized carbons (Fsp3) is 0.536. The maximum absolute atomic E-state index is 14.1. The number of amides is 2. The molecule has 2 atom stereocenters. The highest BCUT2D eigenvalue weighted by Crippen LogP contribution is 2.43. The van der Waals surface area contributed by atoms with Gasteiger partial charge in [-0.1, -0.05) is 0 Å². The minimum Gasteiger partial charge on any atom is -0.496 e. The molecule has 214 valence electrons. The SMILES string of the molecule is CCOC(=O)c1sc2c(c1C)C(=O)N(CC(C)(C)C(=O)NC(C)C)C(C)N2CC(O)c1cc(F)ccc1OC. The number of carbonyl (C=O) groups excluding carboxylic acids is 3. The zero-order chi connectivity index (χ0) is 29.2. The molecule has 2 amide bonds. The Morgan fingerprint density at radius 3 is 2.51 bits per heavy atom. The summed E-state index contributed by atoms with van der Waals surface area (Å²) < 4.78 is 24.7. The van der Waals surface area contributed by atoms with Gasteiger partial charge in [0.25, 0.3) is 5.91 Å². The zero-order valence-corrected chi connectivity index (χ0v) is 24.6. The van der Waals surface area contributed by atoms with Crippen LogP contribution in [-0.2, 0) is 9.53 Å². The first-order chi connectivity index (χ1) is 18.2. The van der Waals surface area contributed by atoms with Crippen molar-refractivity contribution >= 4 is 34.1 Å². The van der Waals surface area contributed by atoms with Crippen LogP contribution in [0.2, 0.25) is 0 Å². The Balaban J connectivity index is 2.08. The molecule has 2 heterocycles. The number of halogens is 1. The molecule has 1 aliphatic rings. The summed E-state index contributed by atoms with van der Waals surface area (Å²) in [5.41, 5.74) is 0.114. The first-order valence-corrected chi connectivity index (χ1v) is 13.8. The third kappa shape index (κ3) is 6.19. The van der Waals surface area contributed by atoms with Crippen LogP contribution in [-0.4, -0.2) is 66.8 Å². The molecule has 0 bridgehead atoms. The summed E-state index contributed by atoms with van der Waals surface area (Å²) in [6.07, 6.45) is -1.79. The second-order valence-corrected chi connectivity index (χ2v) is 11.6. The Morgan fingerprint density at radius 1 is 1.26 bits per heavy atom. The topological polar surface area (TPSA) is 108 Å². The number of thiophene rings is 1. The Labute approximate surface area is 232 Å². The molecular weight excluding hydrogens is 525 g/mol. The summed E-state index contributed by atoms with van der Waals surface area (Å²) in [7, 11) is 1.43. The van der Waals surface area contributed by atoms with Crippen molar-refractivity contribution in [2.75, 3.05) is 31.7 Å². The number of ether oxygens (including phenoxy) is 2. The Morgan fingerprint density at radius 2 is 1.92 bits per heavy atom. The summed E-state index contributed by atoms with van der Waals surface area (Å²) in [4.78, 5) is 43.3. The Hall–Kier alpha value is -3.18. The molecule has 3 rings (SSSR count). The number of nitrogens with zero attached hydrogens (tertiary/aromatic N) is 2. The normalized spacial score (nSPS) is 16.3. The van der Waals surface area contributed by atoms with Crippen molar-refractivity contribution in [3.8, 4) is 5.75 Å². The van der Waals surface area contributed by atoms with E-state index in [0.717, 1.165) is 11.3 Å². The summed E-state index contributed by atoms with van der Waals surface area (Å²) in [5.74, 6) is -1.26. The van der Waals surface area contributed by atoms with Crippen molar-refractivity contribution in [2.45, 2.75) is 66.8 Å². The summed E-state index contributed by atoms with van der Waals surface area (Å²) in [6.45, 7) is 12.7. The molecule has 1 aromatic heterocycles. The lowest BCUT2D eigenvalue weighted by atomic mass is 9.90. The second-order valence-electron chi connectivity index (χ2n) is 10.6. The molecular formula is C28H38FN3O6S. The predicted molar refractivity (Wildman–Crippen MR) is 148 cm³/mol. The lowest BCUT2D eigenvalue weighted by Crippen LogP contribution is -2.58. The van der Waals surface area contributed by atoms with Gasteiger partial charge in [-0.15, -0.1) is 11.3 Å². The van der Waals surface area contributed by atoms with E-state index in [4.69, 9.17) is 9.47 Å². The number of benzene rings is 1. The second kappa shape index (κ2) is 11.9. The molecule has 0 fully saturated rings. The van der Waals surface area contributed by atoms with Crippen LogP contribution in [0.25, 0.3) is 0 Å². The lowest BCUT2D eigenvalue weighted by molar-refractivity contribution is -0.130. The van der Waals surface area contributed by atoms with Gasteiger partial charge < -0.3 is 29.7 Å². The minimum atomic E-state index is -1.19. The zero-order valence-electron chi connectivity index (χ0n) is 23.8. The molecule has 1 aliphatic heterocycles. The van der Waals surface area contributed by atoms with Crippen molar-refractivity contribution in [3.05, 3.63) is 45.6 Å². The van der Waals surface area contributed by atoms with Gasteiger partial charge in [0.2, 0.25) is 5.91 Å². The molecule has 2 unspecified atom stereocenters. The molecule has 0 spiro atoms. The number of methoxy groups -OCH3 is 1. The van der Waals surface area contributed by atoms with Gasteiger partial charge in [-0.25, -0.2) is 9.18 Å². The number of esters is 1. The number of rotatable bonds is 10. The van der Waals surface area contributed by atoms with E-state index in [1.54, 1.807) is 39.5 Å². The maximum atomic E-state index is 14.1. The van der Waals surface area contributed by atoms with Gasteiger partial charge in [-0.3, -0.25) is 9.59 Å². The number of nitrogens with one attached hydrogen (secondary N) is 1. The minimum absolute atomic E-state index is 0.0292. The average molecular weight is 564 g/mol. The highest BCUT2D eigenvalue weighted by atomic mass is 32.1. The molecule has 2 N–H and O–H groups in total. The first-order valence-electron chi connectivity index (χ1n) is 12.9. The molecule has 0 radical (unpaired) electrons. The van der Waals surface area contributed by atoms with Crippen LogP contribution in [0.5, 0.6) is 5.75 Å². The number of aliphatic hydroxyl groups excluding tert-OH is 1. The number of anilines is 1. The number of fused-ring (bicyclic) bond motifs is 1. The predicted octanol–water partition coefficient (Wildman–Crippen LogP) is 4.27. The van der Waals surface area contributed by atoms with Crippen molar-refractivity contribution in [1.29, 1.82) is 0 Å². The van der Waals surface area contributed by atoms with Crippen molar-refractivity contribution in [1.82, 2.24) is 10.2 Å². The van der Waals surface area contributed by atoms with E-state index in [2.05, 4.69) is 5.32 Å². The van der Waals surface area contributed by atoms with Crippen LogP contribution >= 0.6 is 11.3 Å². The highest BCUT2D eigenvalue weighted by molar-refractivity contribution is 7.18. The third-order valence-electron chi connectivity index (χ3n) is 6.75. The number of hydrogen-bond donors (Lipinski definition) is 2. The van der Waals surface area contributed by atoms with Crippen LogP contribution in [0, 0.1) is 18.2 Å². The van der Waals surface area contributed by atoms with Crippen LogP contribution in [0.4, 0.5) is 9.39 Å². The van der Waals surface area contributed by atoms with Gasteiger partial charge in [0.15, 0.2) is 0 Å². The Kier molecular flexibility index (Phi) is 9.27. The quantitative estimate of drug-likeness (QED) is 0.416. The monoisotopic (exact) mass is 563 g/mol. The van der Waals surface area contributed by atoms with Gasteiger partial charge in [-0.2, -0.15) is 0 Å². The molecule has 0 saturated carbocycles. The molecule has 0 aliphatic carbocycles. The van der Waals surface area contributed by atoms with Gasteiger partial charge >= 0.3 is 5.97 Å². The van der Waals surface area contributed by atoms with E-state index < -0.39 is 29.5 Å². The summed E-state index contributed by atoms with van der Waals surface area (Å²) >= 11 is 1.12. The molecule has 39 heavy (non-hydrogen) atoms. The van der Waals surface area contributed by atoms with Crippen molar-refractivity contribution < 1.29 is 33.4 Å². The average Bonchev–Trinajstić information content (AvgIpc) is 3.21. The molecule has 2 aromatic rings. The van der Waals surface area contributed by atoms with Crippen molar-refractivity contribution in [3.63, 3.8) is 0 Å². The number of aliphatic hydroxyl groups is 1. The van der Waals surface area contributed by atoms with Crippen LogP contribution in [0.3, 0.4) is 0 Å². The van der Waals surface area contributed by atoms with Crippen LogP contribution < -0.4 is 15.0 Å². The number of carbonyl (C=O) groups is 3. The van der Waals surface area contributed by atoms with E-state index in [9.17, 15) is 23.9 Å². The fourth-order valence-electron chi connectivity index (χ4n) is 4.64. The largest absolute Gasteiger partial charge is 0.496 e.